The van der Waals surface area contributed by atoms with Crippen molar-refractivity contribution in [3.63, 3.8) is 0 Å². The van der Waals surface area contributed by atoms with E-state index in [4.69, 9.17) is 21.3 Å². The lowest BCUT2D eigenvalue weighted by Crippen LogP contribution is -2.45. The number of pyridine rings is 1. The molecule has 9 heteroatoms. The average molecular weight is 577 g/mol. The van der Waals surface area contributed by atoms with E-state index in [-0.39, 0.29) is 11.9 Å². The van der Waals surface area contributed by atoms with Gasteiger partial charge in [-0.05, 0) is 80.0 Å². The molecule has 2 amide bonds. The first kappa shape index (κ1) is 27.2. The smallest absolute Gasteiger partial charge is 0.255 e. The van der Waals surface area contributed by atoms with E-state index in [9.17, 15) is 9.59 Å². The average Bonchev–Trinajstić information content (AvgIpc) is 3.69. The van der Waals surface area contributed by atoms with Gasteiger partial charge in [0.1, 0.15) is 17.0 Å². The zero-order valence-corrected chi connectivity index (χ0v) is 24.5. The lowest BCUT2D eigenvalue weighted by atomic mass is 10.0. The van der Waals surface area contributed by atoms with Crippen LogP contribution < -0.4 is 16.2 Å². The Kier molecular flexibility index (Phi) is 6.69. The Bertz CT molecular complexity index is 1880. The van der Waals surface area contributed by atoms with Crippen molar-refractivity contribution in [1.82, 2.24) is 19.1 Å². The molecule has 5 aromatic rings. The summed E-state index contributed by atoms with van der Waals surface area (Å²) in [6.07, 6.45) is 6.10. The molecule has 0 unspecified atom stereocenters. The number of aryl methyl sites for hydroxylation is 1. The predicted molar refractivity (Wildman–Crippen MR) is 167 cm³/mol. The molecule has 2 fully saturated rings. The van der Waals surface area contributed by atoms with Crippen LogP contribution in [0.3, 0.4) is 0 Å². The number of fused-ring (bicyclic) bond motifs is 2. The minimum Gasteiger partial charge on any atom is -0.494 e. The SMILES string of the molecule is COc1cc(C(=O)N2CCC[C@@H](N)C2)cn2nc(-c3cc4ccc(-c5ccc(C(N)=O)cc5)cc4n3CC3CC3)c(C)c12. The number of hydrogen-bond acceptors (Lipinski definition) is 5. The maximum absolute atomic E-state index is 13.5. The molecule has 0 radical (unpaired) electrons. The number of nitrogens with zero attached hydrogens (tertiary/aromatic N) is 4. The van der Waals surface area contributed by atoms with Gasteiger partial charge < -0.3 is 25.7 Å². The van der Waals surface area contributed by atoms with Crippen molar-refractivity contribution >= 4 is 28.2 Å². The highest BCUT2D eigenvalue weighted by Crippen LogP contribution is 2.39. The van der Waals surface area contributed by atoms with Crippen LogP contribution in [0.5, 0.6) is 5.75 Å². The molecule has 2 aromatic carbocycles. The number of likely N-dealkylation sites (tertiary alicyclic amines) is 1. The molecule has 0 bridgehead atoms. The molecule has 7 rings (SSSR count). The first-order valence-corrected chi connectivity index (χ1v) is 15.0. The van der Waals surface area contributed by atoms with Crippen LogP contribution in [0.1, 0.15) is 52.0 Å². The van der Waals surface area contributed by atoms with Crippen LogP contribution in [0, 0.1) is 12.8 Å². The minimum atomic E-state index is -0.434. The fourth-order valence-corrected chi connectivity index (χ4v) is 6.39. The Morgan fingerprint density at radius 1 is 1.00 bits per heavy atom. The second-order valence-electron chi connectivity index (χ2n) is 12.0. The summed E-state index contributed by atoms with van der Waals surface area (Å²) in [5, 5.41) is 6.19. The van der Waals surface area contributed by atoms with Gasteiger partial charge in [-0.3, -0.25) is 9.59 Å². The Morgan fingerprint density at radius 3 is 2.47 bits per heavy atom. The minimum absolute atomic E-state index is 0.00489. The van der Waals surface area contributed by atoms with Crippen LogP contribution in [-0.2, 0) is 6.54 Å². The van der Waals surface area contributed by atoms with Crippen LogP contribution in [0.15, 0.2) is 60.8 Å². The van der Waals surface area contributed by atoms with E-state index in [2.05, 4.69) is 35.8 Å². The van der Waals surface area contributed by atoms with Crippen molar-refractivity contribution in [2.24, 2.45) is 17.4 Å². The third-order valence-corrected chi connectivity index (χ3v) is 8.93. The zero-order chi connectivity index (χ0) is 29.8. The summed E-state index contributed by atoms with van der Waals surface area (Å²) in [4.78, 5) is 26.9. The summed E-state index contributed by atoms with van der Waals surface area (Å²) in [5.41, 5.74) is 19.6. The molecule has 1 saturated carbocycles. The van der Waals surface area contributed by atoms with E-state index in [1.165, 1.54) is 12.8 Å². The zero-order valence-electron chi connectivity index (χ0n) is 24.5. The molecule has 0 spiro atoms. The van der Waals surface area contributed by atoms with Gasteiger partial charge in [0.25, 0.3) is 5.91 Å². The summed E-state index contributed by atoms with van der Waals surface area (Å²) >= 11 is 0. The first-order valence-electron chi connectivity index (χ1n) is 15.0. The number of amides is 2. The van der Waals surface area contributed by atoms with Crippen LogP contribution in [0.4, 0.5) is 0 Å². The van der Waals surface area contributed by atoms with E-state index in [1.54, 1.807) is 23.8 Å². The Morgan fingerprint density at radius 2 is 1.77 bits per heavy atom. The van der Waals surface area contributed by atoms with Crippen molar-refractivity contribution in [3.8, 4) is 28.3 Å². The van der Waals surface area contributed by atoms with E-state index in [0.717, 1.165) is 63.9 Å². The van der Waals surface area contributed by atoms with Gasteiger partial charge in [-0.25, -0.2) is 4.52 Å². The molecule has 1 aliphatic carbocycles. The van der Waals surface area contributed by atoms with Crippen molar-refractivity contribution in [3.05, 3.63) is 77.5 Å². The molecule has 9 nitrogen and oxygen atoms in total. The Hall–Kier alpha value is -4.63. The highest BCUT2D eigenvalue weighted by Gasteiger charge is 2.28. The topological polar surface area (TPSA) is 121 Å². The molecule has 1 atom stereocenters. The molecule has 3 aromatic heterocycles. The Balaban J connectivity index is 1.33. The number of piperidine rings is 1. The normalized spacial score (nSPS) is 17.1. The van der Waals surface area contributed by atoms with Gasteiger partial charge in [-0.15, -0.1) is 0 Å². The maximum Gasteiger partial charge on any atom is 0.255 e. The standard InChI is InChI=1S/C34H36N6O3/c1-20-31(37-40-18-26(16-30(43-2)32(20)40)34(42)38-13-3-4-27(35)19-38)29-15-25-12-11-24(14-28(25)39(29)17-21-5-6-21)22-7-9-23(10-8-22)33(36)41/h7-12,14-16,18,21,27H,3-6,13,17,19,35H2,1-2H3,(H2,36,41)/t27-/m1/s1. The third-order valence-electron chi connectivity index (χ3n) is 8.93. The molecule has 2 aliphatic rings. The van der Waals surface area contributed by atoms with Crippen molar-refractivity contribution in [2.75, 3.05) is 20.2 Å². The van der Waals surface area contributed by atoms with Gasteiger partial charge in [0, 0.05) is 53.9 Å². The summed E-state index contributed by atoms with van der Waals surface area (Å²) in [7, 11) is 1.63. The van der Waals surface area contributed by atoms with Crippen LogP contribution >= 0.6 is 0 Å². The van der Waals surface area contributed by atoms with Gasteiger partial charge in [-0.2, -0.15) is 5.10 Å². The molecular weight excluding hydrogens is 540 g/mol. The van der Waals surface area contributed by atoms with E-state index >= 15 is 0 Å². The van der Waals surface area contributed by atoms with Gasteiger partial charge in [0.05, 0.1) is 18.4 Å². The second kappa shape index (κ2) is 10.6. The lowest BCUT2D eigenvalue weighted by molar-refractivity contribution is 0.0707. The van der Waals surface area contributed by atoms with Crippen molar-refractivity contribution in [1.29, 1.82) is 0 Å². The molecule has 1 saturated heterocycles. The molecular formula is C34H36N6O3. The Labute approximate surface area is 250 Å². The van der Waals surface area contributed by atoms with Crippen molar-refractivity contribution < 1.29 is 14.3 Å². The number of nitrogens with two attached hydrogens (primary N) is 2. The molecule has 4 heterocycles. The van der Waals surface area contributed by atoms with Crippen LogP contribution in [0.2, 0.25) is 0 Å². The van der Waals surface area contributed by atoms with Gasteiger partial charge in [0.15, 0.2) is 0 Å². The number of rotatable bonds is 7. The van der Waals surface area contributed by atoms with E-state index in [1.807, 2.05) is 29.3 Å². The summed E-state index contributed by atoms with van der Waals surface area (Å²) in [5.74, 6) is 0.774. The van der Waals surface area contributed by atoms with Crippen molar-refractivity contribution in [2.45, 2.75) is 45.2 Å². The summed E-state index contributed by atoms with van der Waals surface area (Å²) in [6.45, 7) is 4.23. The number of primary amides is 1. The number of benzene rings is 2. The van der Waals surface area contributed by atoms with Crippen LogP contribution in [-0.4, -0.2) is 57.1 Å². The summed E-state index contributed by atoms with van der Waals surface area (Å²) < 4.78 is 10.00. The fourth-order valence-electron chi connectivity index (χ4n) is 6.39. The number of aromatic nitrogens is 3. The number of carbonyl (C=O) groups is 2. The molecule has 1 aliphatic heterocycles. The lowest BCUT2D eigenvalue weighted by Gasteiger charge is -2.30. The molecule has 43 heavy (non-hydrogen) atoms. The summed E-state index contributed by atoms with van der Waals surface area (Å²) in [6, 6.07) is 17.9. The van der Waals surface area contributed by atoms with Crippen LogP contribution in [0.25, 0.3) is 38.9 Å². The van der Waals surface area contributed by atoms with Gasteiger partial charge in [-0.1, -0.05) is 24.3 Å². The molecule has 4 N–H and O–H groups in total. The van der Waals surface area contributed by atoms with Gasteiger partial charge >= 0.3 is 0 Å². The number of carbonyl (C=O) groups excluding carboxylic acids is 2. The monoisotopic (exact) mass is 576 g/mol. The number of hydrogen-bond donors (Lipinski definition) is 2. The highest BCUT2D eigenvalue weighted by atomic mass is 16.5. The van der Waals surface area contributed by atoms with E-state index in [0.29, 0.717) is 35.9 Å². The quantitative estimate of drug-likeness (QED) is 0.282. The number of ether oxygens (including phenoxy) is 1. The third kappa shape index (κ3) is 4.93. The largest absolute Gasteiger partial charge is 0.494 e. The van der Waals surface area contributed by atoms with Gasteiger partial charge in [0.2, 0.25) is 5.91 Å². The van der Waals surface area contributed by atoms with E-state index < -0.39 is 5.91 Å². The number of methoxy groups -OCH3 is 1. The predicted octanol–water partition coefficient (Wildman–Crippen LogP) is 5.01. The molecule has 220 valence electrons. The second-order valence-corrected chi connectivity index (χ2v) is 12.0. The fraction of sp³-hybridized carbons (Fsp3) is 0.324. The maximum atomic E-state index is 13.5. The first-order chi connectivity index (χ1) is 20.8. The highest BCUT2D eigenvalue weighted by molar-refractivity contribution is 5.96.